The maximum Gasteiger partial charge on any atom is 0.0594 e. The second-order valence-electron chi connectivity index (χ2n) is 6.06. The Morgan fingerprint density at radius 1 is 1.25 bits per heavy atom. The van der Waals surface area contributed by atoms with Gasteiger partial charge in [-0.05, 0) is 24.7 Å². The molecule has 0 radical (unpaired) electrons. The van der Waals surface area contributed by atoms with Crippen molar-refractivity contribution in [1.29, 1.82) is 0 Å². The van der Waals surface area contributed by atoms with Gasteiger partial charge in [0, 0.05) is 19.1 Å². The first-order valence-corrected chi connectivity index (χ1v) is 6.58. The van der Waals surface area contributed by atoms with E-state index in [0.717, 1.165) is 32.3 Å². The fraction of sp³-hybridized carbons (Fsp3) is 0.857. The zero-order valence-electron chi connectivity index (χ0n) is 11.0. The molecule has 2 aliphatic rings. The van der Waals surface area contributed by atoms with E-state index in [2.05, 4.69) is 31.7 Å². The number of hydrogen-bond acceptors (Lipinski definition) is 2. The molecule has 0 spiro atoms. The highest BCUT2D eigenvalue weighted by Crippen LogP contribution is 2.34. The first-order chi connectivity index (χ1) is 7.57. The van der Waals surface area contributed by atoms with E-state index in [9.17, 15) is 0 Å². The van der Waals surface area contributed by atoms with Gasteiger partial charge < -0.3 is 4.74 Å². The lowest BCUT2D eigenvalue weighted by Crippen LogP contribution is -2.44. The SMILES string of the molecule is CC(C)(C)C1=CC[C@H](N2CCOCC2)CC1. The first kappa shape index (κ1) is 12.1. The number of ether oxygens (including phenoxy) is 1. The van der Waals surface area contributed by atoms with Crippen molar-refractivity contribution in [2.75, 3.05) is 26.3 Å². The standard InChI is InChI=1S/C14H25NO/c1-14(2,3)12-4-6-13(7-5-12)15-8-10-16-11-9-15/h4,13H,5-11H2,1-3H3/t13-/m0/s1. The van der Waals surface area contributed by atoms with Crippen LogP contribution < -0.4 is 0 Å². The molecule has 1 atom stereocenters. The summed E-state index contributed by atoms with van der Waals surface area (Å²) in [6, 6.07) is 0.773. The van der Waals surface area contributed by atoms with E-state index >= 15 is 0 Å². The van der Waals surface area contributed by atoms with Crippen LogP contribution in [0.3, 0.4) is 0 Å². The molecule has 16 heavy (non-hydrogen) atoms. The molecule has 1 aliphatic carbocycles. The predicted octanol–water partition coefficient (Wildman–Crippen LogP) is 2.84. The minimum Gasteiger partial charge on any atom is -0.379 e. The van der Waals surface area contributed by atoms with E-state index in [-0.39, 0.29) is 0 Å². The fourth-order valence-electron chi connectivity index (χ4n) is 2.78. The molecule has 0 aromatic rings. The largest absolute Gasteiger partial charge is 0.379 e. The molecule has 0 unspecified atom stereocenters. The van der Waals surface area contributed by atoms with Crippen LogP contribution in [-0.2, 0) is 4.74 Å². The molecule has 0 bridgehead atoms. The maximum atomic E-state index is 5.41. The van der Waals surface area contributed by atoms with Crippen molar-refractivity contribution in [3.63, 3.8) is 0 Å². The Morgan fingerprint density at radius 3 is 2.44 bits per heavy atom. The highest BCUT2D eigenvalue weighted by Gasteiger charge is 2.26. The van der Waals surface area contributed by atoms with Crippen LogP contribution in [0, 0.1) is 5.41 Å². The van der Waals surface area contributed by atoms with E-state index in [4.69, 9.17) is 4.74 Å². The Balaban J connectivity index is 1.91. The van der Waals surface area contributed by atoms with Gasteiger partial charge in [-0.25, -0.2) is 0 Å². The number of hydrogen-bond donors (Lipinski definition) is 0. The van der Waals surface area contributed by atoms with Gasteiger partial charge in [0.2, 0.25) is 0 Å². The molecule has 1 fully saturated rings. The molecule has 0 saturated carbocycles. The van der Waals surface area contributed by atoms with Crippen molar-refractivity contribution in [2.45, 2.75) is 46.1 Å². The van der Waals surface area contributed by atoms with Gasteiger partial charge in [0.15, 0.2) is 0 Å². The van der Waals surface area contributed by atoms with Gasteiger partial charge in [0.05, 0.1) is 13.2 Å². The van der Waals surface area contributed by atoms with Crippen molar-refractivity contribution in [1.82, 2.24) is 4.90 Å². The summed E-state index contributed by atoms with van der Waals surface area (Å²) in [5.41, 5.74) is 2.02. The molecule has 0 amide bonds. The Labute approximate surface area is 99.7 Å². The first-order valence-electron chi connectivity index (χ1n) is 6.58. The molecule has 1 saturated heterocycles. The van der Waals surface area contributed by atoms with Gasteiger partial charge >= 0.3 is 0 Å². The third kappa shape index (κ3) is 2.86. The molecule has 2 nitrogen and oxygen atoms in total. The van der Waals surface area contributed by atoms with Gasteiger partial charge in [-0.15, -0.1) is 0 Å². The summed E-state index contributed by atoms with van der Waals surface area (Å²) in [5.74, 6) is 0. The van der Waals surface area contributed by atoms with Crippen molar-refractivity contribution < 1.29 is 4.74 Å². The van der Waals surface area contributed by atoms with E-state index in [1.807, 2.05) is 0 Å². The monoisotopic (exact) mass is 223 g/mol. The van der Waals surface area contributed by atoms with Crippen LogP contribution in [0.1, 0.15) is 40.0 Å². The van der Waals surface area contributed by atoms with Crippen LogP contribution in [0.25, 0.3) is 0 Å². The van der Waals surface area contributed by atoms with Crippen molar-refractivity contribution in [2.24, 2.45) is 5.41 Å². The molecule has 2 rings (SSSR count). The molecule has 0 aromatic heterocycles. The summed E-state index contributed by atoms with van der Waals surface area (Å²) < 4.78 is 5.41. The number of rotatable bonds is 1. The molecule has 1 heterocycles. The van der Waals surface area contributed by atoms with E-state index in [1.54, 1.807) is 5.57 Å². The predicted molar refractivity (Wildman–Crippen MR) is 67.6 cm³/mol. The summed E-state index contributed by atoms with van der Waals surface area (Å²) in [6.07, 6.45) is 6.35. The van der Waals surface area contributed by atoms with Crippen LogP contribution in [-0.4, -0.2) is 37.2 Å². The van der Waals surface area contributed by atoms with Gasteiger partial charge in [-0.2, -0.15) is 0 Å². The molecule has 92 valence electrons. The molecule has 2 heteroatoms. The lowest BCUT2D eigenvalue weighted by Gasteiger charge is -2.38. The fourth-order valence-corrected chi connectivity index (χ4v) is 2.78. The summed E-state index contributed by atoms with van der Waals surface area (Å²) in [6.45, 7) is 11.1. The smallest absolute Gasteiger partial charge is 0.0594 e. The maximum absolute atomic E-state index is 5.41. The summed E-state index contributed by atoms with van der Waals surface area (Å²) in [4.78, 5) is 2.61. The third-order valence-corrected chi connectivity index (χ3v) is 3.91. The Bertz CT molecular complexity index is 258. The van der Waals surface area contributed by atoms with Gasteiger partial charge in [-0.3, -0.25) is 4.90 Å². The number of nitrogens with zero attached hydrogens (tertiary/aromatic N) is 1. The highest BCUT2D eigenvalue weighted by atomic mass is 16.5. The average molecular weight is 223 g/mol. The quantitative estimate of drug-likeness (QED) is 0.634. The molecular weight excluding hydrogens is 198 g/mol. The normalized spacial score (nSPS) is 28.9. The lowest BCUT2D eigenvalue weighted by atomic mass is 9.79. The third-order valence-electron chi connectivity index (χ3n) is 3.91. The average Bonchev–Trinajstić information content (AvgIpc) is 2.29. The number of morpholine rings is 1. The summed E-state index contributed by atoms with van der Waals surface area (Å²) in [5, 5.41) is 0. The Kier molecular flexibility index (Phi) is 3.70. The van der Waals surface area contributed by atoms with E-state index in [1.165, 1.54) is 19.3 Å². The Morgan fingerprint density at radius 2 is 1.94 bits per heavy atom. The molecule has 0 aromatic carbocycles. The van der Waals surface area contributed by atoms with E-state index < -0.39 is 0 Å². The van der Waals surface area contributed by atoms with Gasteiger partial charge in [0.1, 0.15) is 0 Å². The minimum absolute atomic E-state index is 0.371. The second-order valence-corrected chi connectivity index (χ2v) is 6.06. The lowest BCUT2D eigenvalue weighted by molar-refractivity contribution is 0.0141. The van der Waals surface area contributed by atoms with E-state index in [0.29, 0.717) is 5.41 Å². The van der Waals surface area contributed by atoms with Crippen molar-refractivity contribution >= 4 is 0 Å². The van der Waals surface area contributed by atoms with Gasteiger partial charge in [0.25, 0.3) is 0 Å². The summed E-state index contributed by atoms with van der Waals surface area (Å²) in [7, 11) is 0. The Hall–Kier alpha value is -0.340. The second kappa shape index (κ2) is 4.89. The van der Waals surface area contributed by atoms with Crippen LogP contribution in [0.5, 0.6) is 0 Å². The number of allylic oxidation sites excluding steroid dienone is 1. The van der Waals surface area contributed by atoms with Gasteiger partial charge in [-0.1, -0.05) is 32.4 Å². The van der Waals surface area contributed by atoms with Crippen molar-refractivity contribution in [3.05, 3.63) is 11.6 Å². The van der Waals surface area contributed by atoms with Crippen LogP contribution in [0.15, 0.2) is 11.6 Å². The van der Waals surface area contributed by atoms with Crippen LogP contribution in [0.2, 0.25) is 0 Å². The topological polar surface area (TPSA) is 12.5 Å². The highest BCUT2D eigenvalue weighted by molar-refractivity contribution is 5.15. The zero-order valence-corrected chi connectivity index (χ0v) is 11.0. The van der Waals surface area contributed by atoms with Crippen LogP contribution in [0.4, 0.5) is 0 Å². The molecule has 0 N–H and O–H groups in total. The molecule has 1 aliphatic heterocycles. The van der Waals surface area contributed by atoms with Crippen molar-refractivity contribution in [3.8, 4) is 0 Å². The zero-order chi connectivity index (χ0) is 11.6. The van der Waals surface area contributed by atoms with Crippen LogP contribution >= 0.6 is 0 Å². The minimum atomic E-state index is 0.371. The molecular formula is C14H25NO. The summed E-state index contributed by atoms with van der Waals surface area (Å²) >= 11 is 0.